The van der Waals surface area contributed by atoms with Crippen molar-refractivity contribution in [3.63, 3.8) is 0 Å². The van der Waals surface area contributed by atoms with E-state index in [1.54, 1.807) is 18.3 Å². The summed E-state index contributed by atoms with van der Waals surface area (Å²) >= 11 is 0. The third-order valence-electron chi connectivity index (χ3n) is 2.43. The summed E-state index contributed by atoms with van der Waals surface area (Å²) in [5, 5.41) is 0. The Labute approximate surface area is 116 Å². The minimum absolute atomic E-state index is 0. The normalized spacial score (nSPS) is 19.5. The van der Waals surface area contributed by atoms with Gasteiger partial charge in [-0.15, -0.1) is 0 Å². The fraction of sp³-hybridized carbons (Fsp3) is 0.364. The number of hydrogen-bond acceptors (Lipinski definition) is 4. The van der Waals surface area contributed by atoms with E-state index in [0.717, 1.165) is 6.42 Å². The molecule has 1 unspecified atom stereocenters. The molecule has 0 N–H and O–H groups in total. The fourth-order valence-electron chi connectivity index (χ4n) is 1.63. The van der Waals surface area contributed by atoms with Gasteiger partial charge < -0.3 is 4.74 Å². The van der Waals surface area contributed by atoms with E-state index in [1.165, 1.54) is 6.20 Å². The molecule has 1 aromatic rings. The van der Waals surface area contributed by atoms with E-state index in [-0.39, 0.29) is 35.3 Å². The molecule has 0 saturated carbocycles. The molecule has 0 amide bonds. The van der Waals surface area contributed by atoms with Gasteiger partial charge >= 0.3 is 35.5 Å². The molecule has 1 atom stereocenters. The topological polar surface area (TPSA) is 56.3 Å². The first-order chi connectivity index (χ1) is 7.29. The Morgan fingerprint density at radius 2 is 2.31 bits per heavy atom. The van der Waals surface area contributed by atoms with Crippen molar-refractivity contribution >= 4 is 41.3 Å². The van der Waals surface area contributed by atoms with Crippen LogP contribution in [0.1, 0.15) is 23.2 Å². The van der Waals surface area contributed by atoms with E-state index < -0.39 is 11.9 Å². The number of ether oxygens (including phenoxy) is 1. The number of esters is 1. The number of Topliss-reactive ketones (excluding diaryl/α,β-unsaturated/α-hetero) is 1. The van der Waals surface area contributed by atoms with Gasteiger partial charge in [-0.3, -0.25) is 14.6 Å². The van der Waals surface area contributed by atoms with Gasteiger partial charge in [0, 0.05) is 18.0 Å². The van der Waals surface area contributed by atoms with Crippen LogP contribution in [0, 0.1) is 5.92 Å². The van der Waals surface area contributed by atoms with Crippen molar-refractivity contribution in [3.05, 3.63) is 30.1 Å². The summed E-state index contributed by atoms with van der Waals surface area (Å²) in [4.78, 5) is 27.1. The van der Waals surface area contributed by atoms with Crippen molar-refractivity contribution < 1.29 is 14.3 Å². The summed E-state index contributed by atoms with van der Waals surface area (Å²) in [6, 6.07) is 3.35. The predicted octanol–water partition coefficient (Wildman–Crippen LogP) is 0.569. The zero-order valence-corrected chi connectivity index (χ0v) is 8.18. The number of ketones is 1. The molecule has 1 aliphatic heterocycles. The number of nitrogens with zero attached hydrogens (tertiary/aromatic N) is 1. The zero-order chi connectivity index (χ0) is 10.7. The minimum atomic E-state index is -0.636. The van der Waals surface area contributed by atoms with E-state index in [2.05, 4.69) is 4.98 Å². The number of pyridine rings is 1. The molecule has 5 heteroatoms. The molecule has 0 bridgehead atoms. The zero-order valence-electron chi connectivity index (χ0n) is 8.18. The summed E-state index contributed by atoms with van der Waals surface area (Å²) in [6.07, 6.45) is 4.40. The number of hydrogen-bond donors (Lipinski definition) is 0. The number of aromatic nitrogens is 1. The molecule has 1 fully saturated rings. The Morgan fingerprint density at radius 3 is 2.94 bits per heavy atom. The van der Waals surface area contributed by atoms with Crippen LogP contribution in [0.5, 0.6) is 0 Å². The van der Waals surface area contributed by atoms with Crippen molar-refractivity contribution in [2.24, 2.45) is 5.92 Å². The van der Waals surface area contributed by atoms with Crippen LogP contribution < -0.4 is 0 Å². The number of carbonyl (C=O) groups is 2. The van der Waals surface area contributed by atoms with E-state index >= 15 is 0 Å². The van der Waals surface area contributed by atoms with Gasteiger partial charge in [0.15, 0.2) is 5.78 Å². The van der Waals surface area contributed by atoms with Gasteiger partial charge in [-0.25, -0.2) is 0 Å². The Morgan fingerprint density at radius 1 is 1.50 bits per heavy atom. The monoisotopic (exact) mass is 229 g/mol. The van der Waals surface area contributed by atoms with Gasteiger partial charge in [-0.2, -0.15) is 0 Å². The molecular formula is C11H12NNaO3. The molecule has 1 aromatic heterocycles. The van der Waals surface area contributed by atoms with Crippen LogP contribution in [0.25, 0.3) is 0 Å². The van der Waals surface area contributed by atoms with Crippen LogP contribution in [0.15, 0.2) is 24.5 Å². The summed E-state index contributed by atoms with van der Waals surface area (Å²) < 4.78 is 4.85. The molecular weight excluding hydrogens is 217 g/mol. The molecule has 4 nitrogen and oxygen atoms in total. The Hall–Kier alpha value is -0.710. The van der Waals surface area contributed by atoms with E-state index in [4.69, 9.17) is 4.74 Å². The van der Waals surface area contributed by atoms with Gasteiger partial charge in [0.1, 0.15) is 5.92 Å². The molecule has 0 aromatic carbocycles. The average Bonchev–Trinajstić information content (AvgIpc) is 2.30. The SMILES string of the molecule is O=C1OCCCC1C(=O)c1cccnc1.[NaH]. The van der Waals surface area contributed by atoms with Crippen LogP contribution in [0.2, 0.25) is 0 Å². The van der Waals surface area contributed by atoms with Crippen LogP contribution in [0.3, 0.4) is 0 Å². The van der Waals surface area contributed by atoms with Crippen molar-refractivity contribution in [2.45, 2.75) is 12.8 Å². The summed E-state index contributed by atoms with van der Waals surface area (Å²) in [7, 11) is 0. The molecule has 1 aliphatic rings. The van der Waals surface area contributed by atoms with Crippen molar-refractivity contribution in [2.75, 3.05) is 6.61 Å². The first-order valence-corrected chi connectivity index (χ1v) is 4.90. The molecule has 2 rings (SSSR count). The Kier molecular flexibility index (Phi) is 5.12. The van der Waals surface area contributed by atoms with Gasteiger partial charge in [-0.1, -0.05) is 0 Å². The quantitative estimate of drug-likeness (QED) is 0.322. The standard InChI is InChI=1S/C11H11NO3.Na.H/c13-10(8-3-1-5-12-7-8)9-4-2-6-15-11(9)14;;/h1,3,5,7,9H,2,4,6H2;;. The fourth-order valence-corrected chi connectivity index (χ4v) is 1.63. The van der Waals surface area contributed by atoms with E-state index in [9.17, 15) is 9.59 Å². The summed E-state index contributed by atoms with van der Waals surface area (Å²) in [5.74, 6) is -1.23. The number of carbonyl (C=O) groups excluding carboxylic acids is 2. The van der Waals surface area contributed by atoms with Gasteiger partial charge in [-0.05, 0) is 25.0 Å². The molecule has 2 heterocycles. The predicted molar refractivity (Wildman–Crippen MR) is 59.4 cm³/mol. The third kappa shape index (κ3) is 2.90. The van der Waals surface area contributed by atoms with Crippen molar-refractivity contribution in [3.8, 4) is 0 Å². The van der Waals surface area contributed by atoms with Crippen LogP contribution in [-0.4, -0.2) is 52.9 Å². The Bertz CT molecular complexity index is 380. The average molecular weight is 229 g/mol. The molecule has 0 spiro atoms. The maximum absolute atomic E-state index is 11.9. The summed E-state index contributed by atoms with van der Waals surface area (Å²) in [5.41, 5.74) is 0.473. The summed E-state index contributed by atoms with van der Waals surface area (Å²) in [6.45, 7) is 0.426. The molecule has 0 aliphatic carbocycles. The maximum atomic E-state index is 11.9. The molecule has 0 radical (unpaired) electrons. The molecule has 80 valence electrons. The van der Waals surface area contributed by atoms with E-state index in [1.807, 2.05) is 0 Å². The van der Waals surface area contributed by atoms with Crippen molar-refractivity contribution in [1.29, 1.82) is 0 Å². The second-order valence-electron chi connectivity index (χ2n) is 3.47. The molecule has 16 heavy (non-hydrogen) atoms. The first-order valence-electron chi connectivity index (χ1n) is 4.90. The second-order valence-corrected chi connectivity index (χ2v) is 3.47. The second kappa shape index (κ2) is 6.13. The van der Waals surface area contributed by atoms with E-state index in [0.29, 0.717) is 18.6 Å². The third-order valence-corrected chi connectivity index (χ3v) is 2.43. The van der Waals surface area contributed by atoms with Crippen LogP contribution in [-0.2, 0) is 9.53 Å². The first kappa shape index (κ1) is 13.4. The van der Waals surface area contributed by atoms with Crippen LogP contribution >= 0.6 is 0 Å². The van der Waals surface area contributed by atoms with Gasteiger partial charge in [0.2, 0.25) is 0 Å². The van der Waals surface area contributed by atoms with Crippen molar-refractivity contribution in [1.82, 2.24) is 4.98 Å². The van der Waals surface area contributed by atoms with Gasteiger partial charge in [0.05, 0.1) is 6.61 Å². The van der Waals surface area contributed by atoms with Crippen LogP contribution in [0.4, 0.5) is 0 Å². The number of rotatable bonds is 2. The van der Waals surface area contributed by atoms with Gasteiger partial charge in [0.25, 0.3) is 0 Å². The molecule has 1 saturated heterocycles. The number of cyclic esters (lactones) is 1. The Balaban J connectivity index is 0.00000128.